The van der Waals surface area contributed by atoms with E-state index in [-0.39, 0.29) is 12.4 Å². The summed E-state index contributed by atoms with van der Waals surface area (Å²) in [5.74, 6) is 0.832. The third-order valence-electron chi connectivity index (χ3n) is 1.80. The first-order valence-corrected chi connectivity index (χ1v) is 5.89. The summed E-state index contributed by atoms with van der Waals surface area (Å²) in [6, 6.07) is 5.41. The minimum atomic E-state index is -0.0214. The van der Waals surface area contributed by atoms with Gasteiger partial charge in [-0.05, 0) is 24.6 Å². The first kappa shape index (κ1) is 12.4. The molecule has 0 atom stereocenters. The van der Waals surface area contributed by atoms with Crippen molar-refractivity contribution in [2.24, 2.45) is 5.73 Å². The summed E-state index contributed by atoms with van der Waals surface area (Å²) in [5.41, 5.74) is 5.90. The summed E-state index contributed by atoms with van der Waals surface area (Å²) < 4.78 is 0. The molecule has 0 fully saturated rings. The normalized spacial score (nSPS) is 10.3. The number of aliphatic hydroxyl groups excluding tert-OH is 1. The van der Waals surface area contributed by atoms with E-state index in [2.05, 4.69) is 0 Å². The topological polar surface area (TPSA) is 70.1 Å². The Hall–Kier alpha value is -0.710. The van der Waals surface area contributed by atoms with E-state index in [1.165, 1.54) is 0 Å². The first-order chi connectivity index (χ1) is 7.15. The van der Waals surface area contributed by atoms with Crippen LogP contribution in [0, 0.1) is 5.41 Å². The molecule has 0 bridgehead atoms. The van der Waals surface area contributed by atoms with Crippen LogP contribution in [0.15, 0.2) is 23.1 Å². The first-order valence-electron chi connectivity index (χ1n) is 4.52. The molecule has 0 amide bonds. The molecule has 1 aromatic carbocycles. The van der Waals surface area contributed by atoms with Crippen molar-refractivity contribution < 1.29 is 5.11 Å². The van der Waals surface area contributed by atoms with Gasteiger partial charge in [0.15, 0.2) is 0 Å². The lowest BCUT2D eigenvalue weighted by Gasteiger charge is -2.05. The number of benzene rings is 1. The summed E-state index contributed by atoms with van der Waals surface area (Å²) in [5, 5.41) is 16.4. The molecule has 0 spiro atoms. The molecule has 0 saturated carbocycles. The molecule has 1 rings (SSSR count). The molecule has 4 N–H and O–H groups in total. The predicted molar refractivity (Wildman–Crippen MR) is 64.9 cm³/mol. The highest BCUT2D eigenvalue weighted by molar-refractivity contribution is 7.99. The second kappa shape index (κ2) is 6.00. The Morgan fingerprint density at radius 1 is 1.53 bits per heavy atom. The van der Waals surface area contributed by atoms with Crippen molar-refractivity contribution in [1.29, 1.82) is 5.41 Å². The number of thioether (sulfide) groups is 1. The van der Waals surface area contributed by atoms with E-state index in [9.17, 15) is 0 Å². The zero-order valence-electron chi connectivity index (χ0n) is 8.16. The average molecular weight is 245 g/mol. The fourth-order valence-corrected chi connectivity index (χ4v) is 2.28. The van der Waals surface area contributed by atoms with Gasteiger partial charge in [-0.25, -0.2) is 0 Å². The van der Waals surface area contributed by atoms with Gasteiger partial charge in [0, 0.05) is 22.8 Å². The summed E-state index contributed by atoms with van der Waals surface area (Å²) in [4.78, 5) is 1.03. The van der Waals surface area contributed by atoms with Gasteiger partial charge in [-0.1, -0.05) is 11.6 Å². The Labute approximate surface area is 98.1 Å². The zero-order chi connectivity index (χ0) is 11.3. The second-order valence-electron chi connectivity index (χ2n) is 2.98. The van der Waals surface area contributed by atoms with Gasteiger partial charge < -0.3 is 10.8 Å². The number of hydrogen-bond donors (Lipinski definition) is 3. The number of aliphatic hydroxyl groups is 1. The van der Waals surface area contributed by atoms with Crippen LogP contribution in [0.1, 0.15) is 12.0 Å². The van der Waals surface area contributed by atoms with Gasteiger partial charge in [0.05, 0.1) is 5.02 Å². The fourth-order valence-electron chi connectivity index (χ4n) is 1.06. The maximum Gasteiger partial charge on any atom is 0.124 e. The summed E-state index contributed by atoms with van der Waals surface area (Å²) in [7, 11) is 0. The molecule has 0 radical (unpaired) electrons. The minimum absolute atomic E-state index is 0.0214. The molecule has 0 aliphatic heterocycles. The van der Waals surface area contributed by atoms with Crippen molar-refractivity contribution in [1.82, 2.24) is 0 Å². The van der Waals surface area contributed by atoms with E-state index >= 15 is 0 Å². The van der Waals surface area contributed by atoms with E-state index < -0.39 is 0 Å². The van der Waals surface area contributed by atoms with Gasteiger partial charge >= 0.3 is 0 Å². The summed E-state index contributed by atoms with van der Waals surface area (Å²) >= 11 is 7.58. The smallest absolute Gasteiger partial charge is 0.124 e. The molecule has 0 aliphatic rings. The maximum absolute atomic E-state index is 8.63. The molecular weight excluding hydrogens is 232 g/mol. The summed E-state index contributed by atoms with van der Waals surface area (Å²) in [6.07, 6.45) is 0.761. The molecule has 15 heavy (non-hydrogen) atoms. The van der Waals surface area contributed by atoms with E-state index in [0.717, 1.165) is 17.1 Å². The molecular formula is C10H13ClN2OS. The lowest BCUT2D eigenvalue weighted by molar-refractivity contribution is 0.296. The van der Waals surface area contributed by atoms with Crippen LogP contribution in [0.25, 0.3) is 0 Å². The molecule has 82 valence electrons. The highest BCUT2D eigenvalue weighted by Crippen LogP contribution is 2.25. The highest BCUT2D eigenvalue weighted by Gasteiger charge is 2.04. The molecule has 0 heterocycles. The van der Waals surface area contributed by atoms with Crippen molar-refractivity contribution in [2.45, 2.75) is 11.3 Å². The van der Waals surface area contributed by atoms with E-state index in [4.69, 9.17) is 27.9 Å². The Bertz CT molecular complexity index is 357. The molecule has 0 aromatic heterocycles. The molecule has 0 saturated heterocycles. The molecule has 5 heteroatoms. The number of hydrogen-bond acceptors (Lipinski definition) is 3. The Balaban J connectivity index is 2.69. The minimum Gasteiger partial charge on any atom is -0.396 e. The van der Waals surface area contributed by atoms with Crippen molar-refractivity contribution in [2.75, 3.05) is 12.4 Å². The highest BCUT2D eigenvalue weighted by atomic mass is 35.5. The van der Waals surface area contributed by atoms with Gasteiger partial charge in [0.25, 0.3) is 0 Å². The van der Waals surface area contributed by atoms with Crippen LogP contribution < -0.4 is 5.73 Å². The SMILES string of the molecule is N=C(N)c1ccc(SCCCO)cc1Cl. The van der Waals surface area contributed by atoms with Crippen LogP contribution in [-0.2, 0) is 0 Å². The molecule has 1 aromatic rings. The number of amidine groups is 1. The van der Waals surface area contributed by atoms with Crippen LogP contribution in [0.3, 0.4) is 0 Å². The van der Waals surface area contributed by atoms with Gasteiger partial charge in [-0.2, -0.15) is 0 Å². The average Bonchev–Trinajstić information content (AvgIpc) is 2.17. The number of halogens is 1. The lowest BCUT2D eigenvalue weighted by Crippen LogP contribution is -2.11. The quantitative estimate of drug-likeness (QED) is 0.322. The van der Waals surface area contributed by atoms with Crippen LogP contribution in [-0.4, -0.2) is 23.3 Å². The third-order valence-corrected chi connectivity index (χ3v) is 3.19. The van der Waals surface area contributed by atoms with Crippen molar-refractivity contribution in [3.63, 3.8) is 0 Å². The molecule has 0 unspecified atom stereocenters. The maximum atomic E-state index is 8.63. The lowest BCUT2D eigenvalue weighted by atomic mass is 10.2. The molecule has 0 aliphatic carbocycles. The van der Waals surface area contributed by atoms with Gasteiger partial charge in [0.1, 0.15) is 5.84 Å². The van der Waals surface area contributed by atoms with Crippen molar-refractivity contribution in [3.05, 3.63) is 28.8 Å². The monoisotopic (exact) mass is 244 g/mol. The second-order valence-corrected chi connectivity index (χ2v) is 4.56. The van der Waals surface area contributed by atoms with Crippen LogP contribution in [0.4, 0.5) is 0 Å². The standard InChI is InChI=1S/C10H13ClN2OS/c11-9-6-7(15-5-1-4-14)2-3-8(9)10(12)13/h2-3,6,14H,1,4-5H2,(H3,12,13). The number of rotatable bonds is 5. The van der Waals surface area contributed by atoms with Gasteiger partial charge in [0.2, 0.25) is 0 Å². The van der Waals surface area contributed by atoms with Crippen LogP contribution in [0.2, 0.25) is 5.02 Å². The largest absolute Gasteiger partial charge is 0.396 e. The Morgan fingerprint density at radius 2 is 2.27 bits per heavy atom. The van der Waals surface area contributed by atoms with Crippen LogP contribution >= 0.6 is 23.4 Å². The number of nitrogens with two attached hydrogens (primary N) is 1. The number of nitrogens with one attached hydrogen (secondary N) is 1. The summed E-state index contributed by atoms with van der Waals surface area (Å²) in [6.45, 7) is 0.201. The number of nitrogen functional groups attached to an aromatic ring is 1. The van der Waals surface area contributed by atoms with Crippen molar-refractivity contribution in [3.8, 4) is 0 Å². The van der Waals surface area contributed by atoms with Gasteiger partial charge in [-0.15, -0.1) is 11.8 Å². The fraction of sp³-hybridized carbons (Fsp3) is 0.300. The molecule has 3 nitrogen and oxygen atoms in total. The Morgan fingerprint density at radius 3 is 2.80 bits per heavy atom. The van der Waals surface area contributed by atoms with E-state index in [1.54, 1.807) is 23.9 Å². The predicted octanol–water partition coefficient (Wildman–Crippen LogP) is 2.10. The van der Waals surface area contributed by atoms with Gasteiger partial charge in [-0.3, -0.25) is 5.41 Å². The third kappa shape index (κ3) is 3.74. The van der Waals surface area contributed by atoms with E-state index in [1.807, 2.05) is 6.07 Å². The zero-order valence-corrected chi connectivity index (χ0v) is 9.74. The van der Waals surface area contributed by atoms with E-state index in [0.29, 0.717) is 10.6 Å². The van der Waals surface area contributed by atoms with Crippen LogP contribution in [0.5, 0.6) is 0 Å². The van der Waals surface area contributed by atoms with Crippen molar-refractivity contribution >= 4 is 29.2 Å². The Kier molecular flexibility index (Phi) is 4.94.